The number of rotatable bonds is 3. The van der Waals surface area contributed by atoms with E-state index < -0.39 is 0 Å². The summed E-state index contributed by atoms with van der Waals surface area (Å²) in [6.07, 6.45) is 4.52. The zero-order chi connectivity index (χ0) is 23.2. The molecular formula is C26H24FN5OS. The highest BCUT2D eigenvalue weighted by Gasteiger charge is 2.37. The van der Waals surface area contributed by atoms with Crippen LogP contribution in [-0.2, 0) is 0 Å². The molecule has 0 radical (unpaired) electrons. The summed E-state index contributed by atoms with van der Waals surface area (Å²) >= 11 is 1.54. The van der Waals surface area contributed by atoms with Crippen molar-refractivity contribution in [2.24, 2.45) is 11.8 Å². The van der Waals surface area contributed by atoms with Gasteiger partial charge in [-0.1, -0.05) is 29.0 Å². The lowest BCUT2D eigenvalue weighted by atomic mass is 9.84. The molecule has 2 aliphatic rings. The Labute approximate surface area is 201 Å². The van der Waals surface area contributed by atoms with Gasteiger partial charge in [-0.05, 0) is 55.5 Å². The number of halogens is 1. The predicted molar refractivity (Wildman–Crippen MR) is 131 cm³/mol. The molecular weight excluding hydrogens is 449 g/mol. The van der Waals surface area contributed by atoms with E-state index in [2.05, 4.69) is 14.9 Å². The number of carbonyl (C=O) groups is 1. The molecule has 0 aliphatic carbocycles. The summed E-state index contributed by atoms with van der Waals surface area (Å²) in [6.45, 7) is 5.14. The number of carbonyl (C=O) groups excluding carboxylic acids is 1. The quantitative estimate of drug-likeness (QED) is 0.428. The fraction of sp³-hybridized carbons (Fsp3) is 0.308. The molecule has 0 saturated carbocycles. The summed E-state index contributed by atoms with van der Waals surface area (Å²) in [5.41, 5.74) is 3.31. The maximum atomic E-state index is 13.7. The van der Waals surface area contributed by atoms with E-state index in [-0.39, 0.29) is 11.7 Å². The molecule has 0 N–H and O–H groups in total. The molecule has 4 heterocycles. The number of hydrogen-bond acceptors (Lipinski definition) is 6. The van der Waals surface area contributed by atoms with Crippen LogP contribution in [0.3, 0.4) is 0 Å². The summed E-state index contributed by atoms with van der Waals surface area (Å²) in [5.74, 6) is 1.14. The average Bonchev–Trinajstić information content (AvgIpc) is 3.27. The van der Waals surface area contributed by atoms with Gasteiger partial charge in [0.05, 0.1) is 15.8 Å². The van der Waals surface area contributed by atoms with E-state index in [1.165, 1.54) is 6.07 Å². The summed E-state index contributed by atoms with van der Waals surface area (Å²) in [6, 6.07) is 12.4. The van der Waals surface area contributed by atoms with Crippen molar-refractivity contribution in [1.82, 2.24) is 19.9 Å². The minimum atomic E-state index is -0.233. The maximum absolute atomic E-state index is 13.7. The van der Waals surface area contributed by atoms with Crippen LogP contribution in [-0.4, -0.2) is 51.9 Å². The maximum Gasteiger partial charge on any atom is 0.254 e. The van der Waals surface area contributed by atoms with Gasteiger partial charge in [-0.3, -0.25) is 4.79 Å². The van der Waals surface area contributed by atoms with Crippen LogP contribution in [0, 0.1) is 24.6 Å². The monoisotopic (exact) mass is 473 g/mol. The van der Waals surface area contributed by atoms with Crippen LogP contribution in [0.25, 0.3) is 21.6 Å². The van der Waals surface area contributed by atoms with E-state index in [4.69, 9.17) is 4.98 Å². The van der Waals surface area contributed by atoms with Crippen molar-refractivity contribution in [1.29, 1.82) is 0 Å². The van der Waals surface area contributed by atoms with Crippen LogP contribution in [0.5, 0.6) is 0 Å². The number of piperidine rings is 2. The van der Waals surface area contributed by atoms with Gasteiger partial charge < -0.3 is 9.80 Å². The van der Waals surface area contributed by atoms with Crippen molar-refractivity contribution in [3.8, 4) is 11.4 Å². The molecule has 2 bridgehead atoms. The molecule has 2 atom stereocenters. The van der Waals surface area contributed by atoms with Crippen molar-refractivity contribution < 1.29 is 9.18 Å². The number of aromatic nitrogens is 3. The smallest absolute Gasteiger partial charge is 0.254 e. The Morgan fingerprint density at radius 2 is 1.79 bits per heavy atom. The molecule has 0 spiro atoms. The SMILES string of the molecule is Cc1ccc(-c2ncccn2)c(C(=O)N2CC3CC(C2)CN(c2nc4ccc(F)cc4s2)C3)c1. The molecule has 172 valence electrons. The Balaban J connectivity index is 1.23. The minimum absolute atomic E-state index is 0.0461. The van der Waals surface area contributed by atoms with Gasteiger partial charge >= 0.3 is 0 Å². The van der Waals surface area contributed by atoms with Crippen LogP contribution >= 0.6 is 11.3 Å². The summed E-state index contributed by atoms with van der Waals surface area (Å²) < 4.78 is 14.5. The van der Waals surface area contributed by atoms with Gasteiger partial charge in [0, 0.05) is 44.1 Å². The Bertz CT molecular complexity index is 1360. The first kappa shape index (κ1) is 21.2. The Kier molecular flexibility index (Phi) is 5.25. The Morgan fingerprint density at radius 3 is 2.56 bits per heavy atom. The van der Waals surface area contributed by atoms with Gasteiger partial charge in [0.25, 0.3) is 5.91 Å². The van der Waals surface area contributed by atoms with Crippen molar-refractivity contribution in [3.05, 3.63) is 71.8 Å². The second-order valence-corrected chi connectivity index (χ2v) is 10.3. The van der Waals surface area contributed by atoms with E-state index in [9.17, 15) is 9.18 Å². The molecule has 6 nitrogen and oxygen atoms in total. The van der Waals surface area contributed by atoms with Crippen molar-refractivity contribution in [3.63, 3.8) is 0 Å². The number of aryl methyl sites for hydroxylation is 1. The van der Waals surface area contributed by atoms with E-state index in [0.717, 1.165) is 46.0 Å². The second kappa shape index (κ2) is 8.43. The third kappa shape index (κ3) is 3.92. The molecule has 34 heavy (non-hydrogen) atoms. The highest BCUT2D eigenvalue weighted by atomic mass is 32.1. The molecule has 2 aromatic heterocycles. The molecule has 4 aromatic rings. The van der Waals surface area contributed by atoms with Crippen molar-refractivity contribution >= 4 is 32.6 Å². The van der Waals surface area contributed by atoms with E-state index in [1.807, 2.05) is 30.0 Å². The van der Waals surface area contributed by atoms with Gasteiger partial charge in [0.1, 0.15) is 5.82 Å². The van der Waals surface area contributed by atoms with Gasteiger partial charge in [-0.2, -0.15) is 0 Å². The lowest BCUT2D eigenvalue weighted by Crippen LogP contribution is -2.54. The Morgan fingerprint density at radius 1 is 1.03 bits per heavy atom. The standard InChI is InChI=1S/C26H24FN5OS/c1-16-3-5-20(24-28-7-2-8-29-24)21(9-16)25(33)31-12-17-10-18(13-31)15-32(14-17)26-30-22-6-4-19(27)11-23(22)34-26/h2-9,11,17-18H,10,12-15H2,1H3. The number of thiazole rings is 1. The molecule has 2 fully saturated rings. The predicted octanol–water partition coefficient (Wildman–Crippen LogP) is 4.80. The number of hydrogen-bond donors (Lipinski definition) is 0. The lowest BCUT2D eigenvalue weighted by Gasteiger charge is -2.45. The first-order valence-corrected chi connectivity index (χ1v) is 12.3. The number of benzene rings is 2. The third-order valence-corrected chi connectivity index (χ3v) is 7.77. The van der Waals surface area contributed by atoms with Crippen LogP contribution in [0.2, 0.25) is 0 Å². The molecule has 2 aliphatic heterocycles. The topological polar surface area (TPSA) is 62.2 Å². The number of nitrogens with zero attached hydrogens (tertiary/aromatic N) is 5. The van der Waals surface area contributed by atoms with Crippen molar-refractivity contribution in [2.45, 2.75) is 13.3 Å². The summed E-state index contributed by atoms with van der Waals surface area (Å²) in [7, 11) is 0. The first-order chi connectivity index (χ1) is 16.5. The zero-order valence-corrected chi connectivity index (χ0v) is 19.6. The molecule has 6 rings (SSSR count). The Hall–Kier alpha value is -3.39. The lowest BCUT2D eigenvalue weighted by molar-refractivity contribution is 0.0565. The molecule has 8 heteroatoms. The number of anilines is 1. The zero-order valence-electron chi connectivity index (χ0n) is 18.8. The molecule has 1 amide bonds. The summed E-state index contributed by atoms with van der Waals surface area (Å²) in [5, 5.41) is 0.942. The number of fused-ring (bicyclic) bond motifs is 3. The largest absolute Gasteiger partial charge is 0.347 e. The second-order valence-electron chi connectivity index (χ2n) is 9.31. The average molecular weight is 474 g/mol. The fourth-order valence-electron chi connectivity index (χ4n) is 5.26. The van der Waals surface area contributed by atoms with Crippen LogP contribution in [0.1, 0.15) is 22.3 Å². The molecule has 2 saturated heterocycles. The third-order valence-electron chi connectivity index (χ3n) is 6.69. The molecule has 2 aromatic carbocycles. The van der Waals surface area contributed by atoms with Gasteiger partial charge in [-0.15, -0.1) is 0 Å². The van der Waals surface area contributed by atoms with Gasteiger partial charge in [-0.25, -0.2) is 19.3 Å². The minimum Gasteiger partial charge on any atom is -0.347 e. The fourth-order valence-corrected chi connectivity index (χ4v) is 6.27. The number of amides is 1. The van der Waals surface area contributed by atoms with Crippen LogP contribution in [0.15, 0.2) is 54.9 Å². The molecule has 2 unspecified atom stereocenters. The van der Waals surface area contributed by atoms with Gasteiger partial charge in [0.15, 0.2) is 11.0 Å². The summed E-state index contributed by atoms with van der Waals surface area (Å²) in [4.78, 5) is 31.5. The van der Waals surface area contributed by atoms with E-state index >= 15 is 0 Å². The van der Waals surface area contributed by atoms with E-state index in [0.29, 0.717) is 36.3 Å². The van der Waals surface area contributed by atoms with Crippen molar-refractivity contribution in [2.75, 3.05) is 31.1 Å². The van der Waals surface area contributed by atoms with Crippen LogP contribution in [0.4, 0.5) is 9.52 Å². The number of likely N-dealkylation sites (tertiary alicyclic amines) is 1. The highest BCUT2D eigenvalue weighted by molar-refractivity contribution is 7.22. The van der Waals surface area contributed by atoms with E-state index in [1.54, 1.807) is 41.9 Å². The highest BCUT2D eigenvalue weighted by Crippen LogP contribution is 2.36. The van der Waals surface area contributed by atoms with Gasteiger partial charge in [0.2, 0.25) is 0 Å². The van der Waals surface area contributed by atoms with Crippen LogP contribution < -0.4 is 4.90 Å². The normalized spacial score (nSPS) is 20.1. The first-order valence-electron chi connectivity index (χ1n) is 11.5.